The molecule has 0 atom stereocenters. The molecule has 2 rings (SSSR count). The fourth-order valence-electron chi connectivity index (χ4n) is 1.91. The smallest absolute Gasteiger partial charge is 0.248 e. The van der Waals surface area contributed by atoms with Crippen LogP contribution in [0.15, 0.2) is 36.4 Å². The van der Waals surface area contributed by atoms with E-state index >= 15 is 0 Å². The Morgan fingerprint density at radius 1 is 1.00 bits per heavy atom. The molecule has 0 heterocycles. The molecule has 2 aromatic carbocycles. The molecule has 0 fully saturated rings. The van der Waals surface area contributed by atoms with Gasteiger partial charge in [0.1, 0.15) is 17.3 Å². The van der Waals surface area contributed by atoms with E-state index in [1.54, 1.807) is 18.2 Å². The SMILES string of the molecule is COc1ccc(C=CC(=O)Nc2cc(F)c(F)cc2F)c(OC)c1. The first-order valence-electron chi connectivity index (χ1n) is 6.80. The highest BCUT2D eigenvalue weighted by molar-refractivity contribution is 6.02. The van der Waals surface area contributed by atoms with Crippen molar-refractivity contribution >= 4 is 17.7 Å². The lowest BCUT2D eigenvalue weighted by Gasteiger charge is -2.07. The van der Waals surface area contributed by atoms with E-state index in [1.807, 2.05) is 0 Å². The second-order valence-corrected chi connectivity index (χ2v) is 4.68. The highest BCUT2D eigenvalue weighted by atomic mass is 19.2. The van der Waals surface area contributed by atoms with Crippen molar-refractivity contribution in [1.29, 1.82) is 0 Å². The van der Waals surface area contributed by atoms with E-state index in [9.17, 15) is 18.0 Å². The van der Waals surface area contributed by atoms with Crippen molar-refractivity contribution in [2.45, 2.75) is 0 Å². The van der Waals surface area contributed by atoms with Gasteiger partial charge >= 0.3 is 0 Å². The standard InChI is InChI=1S/C17H14F3NO3/c1-23-11-5-3-10(16(7-11)24-2)4-6-17(22)21-15-9-13(19)12(18)8-14(15)20/h3-9H,1-2H3,(H,21,22). The zero-order valence-corrected chi connectivity index (χ0v) is 12.9. The lowest BCUT2D eigenvalue weighted by Crippen LogP contribution is -2.10. The molecule has 0 saturated carbocycles. The number of carbonyl (C=O) groups is 1. The van der Waals surface area contributed by atoms with E-state index in [2.05, 4.69) is 5.32 Å². The lowest BCUT2D eigenvalue weighted by molar-refractivity contribution is -0.111. The summed E-state index contributed by atoms with van der Waals surface area (Å²) in [4.78, 5) is 11.8. The third-order valence-electron chi connectivity index (χ3n) is 3.12. The topological polar surface area (TPSA) is 47.6 Å². The summed E-state index contributed by atoms with van der Waals surface area (Å²) in [5.41, 5.74) is 0.129. The van der Waals surface area contributed by atoms with Gasteiger partial charge in [0, 0.05) is 29.8 Å². The number of anilines is 1. The van der Waals surface area contributed by atoms with Gasteiger partial charge in [-0.15, -0.1) is 0 Å². The number of ether oxygens (including phenoxy) is 2. The average molecular weight is 337 g/mol. The first-order valence-corrected chi connectivity index (χ1v) is 6.80. The maximum atomic E-state index is 13.5. The zero-order valence-electron chi connectivity index (χ0n) is 12.9. The van der Waals surface area contributed by atoms with E-state index in [4.69, 9.17) is 9.47 Å². The molecule has 0 spiro atoms. The Hall–Kier alpha value is -2.96. The molecular formula is C17H14F3NO3. The van der Waals surface area contributed by atoms with Gasteiger partial charge in [0.2, 0.25) is 5.91 Å². The minimum Gasteiger partial charge on any atom is -0.497 e. The molecule has 1 amide bonds. The second-order valence-electron chi connectivity index (χ2n) is 4.68. The van der Waals surface area contributed by atoms with Crippen LogP contribution in [-0.2, 0) is 4.79 Å². The van der Waals surface area contributed by atoms with Crippen LogP contribution in [0, 0.1) is 17.5 Å². The van der Waals surface area contributed by atoms with Gasteiger partial charge in [-0.3, -0.25) is 4.79 Å². The number of hydrogen-bond acceptors (Lipinski definition) is 3. The number of halogens is 3. The Bertz CT molecular complexity index is 791. The molecule has 24 heavy (non-hydrogen) atoms. The Morgan fingerprint density at radius 3 is 2.38 bits per heavy atom. The molecule has 0 aromatic heterocycles. The van der Waals surface area contributed by atoms with Crippen LogP contribution in [-0.4, -0.2) is 20.1 Å². The molecule has 7 heteroatoms. The van der Waals surface area contributed by atoms with Gasteiger partial charge in [0.25, 0.3) is 0 Å². The van der Waals surface area contributed by atoms with Crippen molar-refractivity contribution in [1.82, 2.24) is 0 Å². The maximum absolute atomic E-state index is 13.5. The lowest BCUT2D eigenvalue weighted by atomic mass is 10.1. The predicted octanol–water partition coefficient (Wildman–Crippen LogP) is 3.77. The predicted molar refractivity (Wildman–Crippen MR) is 83.5 cm³/mol. The van der Waals surface area contributed by atoms with Crippen LogP contribution in [0.2, 0.25) is 0 Å². The molecule has 126 valence electrons. The zero-order chi connectivity index (χ0) is 17.7. The number of amides is 1. The van der Waals surface area contributed by atoms with Crippen molar-refractivity contribution in [3.05, 3.63) is 59.4 Å². The minimum atomic E-state index is -1.33. The quantitative estimate of drug-likeness (QED) is 0.667. The minimum absolute atomic E-state index is 0.362. The van der Waals surface area contributed by atoms with E-state index in [1.165, 1.54) is 20.3 Å². The maximum Gasteiger partial charge on any atom is 0.248 e. The summed E-state index contributed by atoms with van der Waals surface area (Å²) in [7, 11) is 2.97. The van der Waals surface area contributed by atoms with Crippen LogP contribution in [0.25, 0.3) is 6.08 Å². The fourth-order valence-corrected chi connectivity index (χ4v) is 1.91. The molecular weight excluding hydrogens is 323 g/mol. The first-order chi connectivity index (χ1) is 11.4. The summed E-state index contributed by atoms with van der Waals surface area (Å²) in [6.07, 6.45) is 2.55. The molecule has 0 aliphatic rings. The molecule has 2 aromatic rings. The van der Waals surface area contributed by atoms with Crippen molar-refractivity contribution in [2.75, 3.05) is 19.5 Å². The van der Waals surface area contributed by atoms with Crippen LogP contribution >= 0.6 is 0 Å². The van der Waals surface area contributed by atoms with E-state index in [0.717, 1.165) is 6.08 Å². The number of benzene rings is 2. The van der Waals surface area contributed by atoms with Crippen LogP contribution in [0.4, 0.5) is 18.9 Å². The molecule has 0 saturated heterocycles. The Kier molecular flexibility index (Phi) is 5.47. The summed E-state index contributed by atoms with van der Waals surface area (Å²) < 4.78 is 49.6. The molecule has 0 bridgehead atoms. The number of carbonyl (C=O) groups excluding carboxylic acids is 1. The highest BCUT2D eigenvalue weighted by Gasteiger charge is 2.11. The molecule has 1 N–H and O–H groups in total. The van der Waals surface area contributed by atoms with Crippen molar-refractivity contribution in [3.63, 3.8) is 0 Å². The normalized spacial score (nSPS) is 10.7. The van der Waals surface area contributed by atoms with Gasteiger partial charge in [0.05, 0.1) is 19.9 Å². The van der Waals surface area contributed by atoms with Gasteiger partial charge in [-0.2, -0.15) is 0 Å². The summed E-state index contributed by atoms with van der Waals surface area (Å²) in [6, 6.07) is 5.91. The molecule has 0 unspecified atom stereocenters. The van der Waals surface area contributed by atoms with Gasteiger partial charge in [-0.1, -0.05) is 0 Å². The van der Waals surface area contributed by atoms with Crippen molar-refractivity contribution in [3.8, 4) is 11.5 Å². The molecule has 0 aliphatic carbocycles. The average Bonchev–Trinajstić information content (AvgIpc) is 2.57. The highest BCUT2D eigenvalue weighted by Crippen LogP contribution is 2.25. The van der Waals surface area contributed by atoms with Gasteiger partial charge < -0.3 is 14.8 Å². The number of methoxy groups -OCH3 is 2. The summed E-state index contributed by atoms with van der Waals surface area (Å²) in [5.74, 6) is -3.32. The largest absolute Gasteiger partial charge is 0.497 e. The van der Waals surface area contributed by atoms with Crippen LogP contribution in [0.5, 0.6) is 11.5 Å². The number of nitrogens with one attached hydrogen (secondary N) is 1. The van der Waals surface area contributed by atoms with Gasteiger partial charge in [-0.25, -0.2) is 13.2 Å². The third kappa shape index (κ3) is 4.07. The monoisotopic (exact) mass is 337 g/mol. The summed E-state index contributed by atoms with van der Waals surface area (Å²) in [6.45, 7) is 0. The Morgan fingerprint density at radius 2 is 1.71 bits per heavy atom. The third-order valence-corrected chi connectivity index (χ3v) is 3.12. The molecule has 0 radical (unpaired) electrons. The van der Waals surface area contributed by atoms with Gasteiger partial charge in [-0.05, 0) is 18.2 Å². The second kappa shape index (κ2) is 7.54. The van der Waals surface area contributed by atoms with Crippen molar-refractivity contribution < 1.29 is 27.4 Å². The summed E-state index contributed by atoms with van der Waals surface area (Å²) in [5, 5.41) is 2.14. The Labute approximate surface area is 136 Å². The van der Waals surface area contributed by atoms with Gasteiger partial charge in [0.15, 0.2) is 11.6 Å². The first kappa shape index (κ1) is 17.4. The van der Waals surface area contributed by atoms with Crippen LogP contribution in [0.1, 0.15) is 5.56 Å². The van der Waals surface area contributed by atoms with Crippen LogP contribution in [0.3, 0.4) is 0 Å². The van der Waals surface area contributed by atoms with E-state index in [-0.39, 0.29) is 0 Å². The summed E-state index contributed by atoms with van der Waals surface area (Å²) >= 11 is 0. The van der Waals surface area contributed by atoms with Crippen molar-refractivity contribution in [2.24, 2.45) is 0 Å². The van der Waals surface area contributed by atoms with E-state index < -0.39 is 29.0 Å². The Balaban J connectivity index is 2.15. The molecule has 0 aliphatic heterocycles. The number of rotatable bonds is 5. The number of hydrogen-bond donors (Lipinski definition) is 1. The molecule has 4 nitrogen and oxygen atoms in total. The van der Waals surface area contributed by atoms with E-state index in [0.29, 0.717) is 29.2 Å². The van der Waals surface area contributed by atoms with Crippen LogP contribution < -0.4 is 14.8 Å². The fraction of sp³-hybridized carbons (Fsp3) is 0.118.